The molecular formula is C13H24N4O3. The SMILES string of the molecule is CCC(CC)(C(=O)NCCNC(=O)C1CC1)C(N)=NO. The van der Waals surface area contributed by atoms with Crippen LogP contribution in [0.25, 0.3) is 0 Å². The molecule has 1 aliphatic rings. The second-order valence-electron chi connectivity index (χ2n) is 5.10. The lowest BCUT2D eigenvalue weighted by molar-refractivity contribution is -0.128. The number of hydrogen-bond donors (Lipinski definition) is 4. The second-order valence-corrected chi connectivity index (χ2v) is 5.10. The molecule has 1 aliphatic carbocycles. The fourth-order valence-electron chi connectivity index (χ4n) is 2.17. The summed E-state index contributed by atoms with van der Waals surface area (Å²) in [5.74, 6) is -0.151. The Morgan fingerprint density at radius 3 is 2.25 bits per heavy atom. The van der Waals surface area contributed by atoms with Crippen LogP contribution in [-0.4, -0.2) is 35.9 Å². The van der Waals surface area contributed by atoms with Gasteiger partial charge in [0.05, 0.1) is 0 Å². The molecule has 0 unspecified atom stereocenters. The summed E-state index contributed by atoms with van der Waals surface area (Å²) in [6, 6.07) is 0. The van der Waals surface area contributed by atoms with Gasteiger partial charge in [0.25, 0.3) is 0 Å². The summed E-state index contributed by atoms with van der Waals surface area (Å²) in [4.78, 5) is 23.6. The third-order valence-corrected chi connectivity index (χ3v) is 3.90. The van der Waals surface area contributed by atoms with E-state index in [0.29, 0.717) is 25.9 Å². The van der Waals surface area contributed by atoms with Crippen LogP contribution in [-0.2, 0) is 9.59 Å². The highest BCUT2D eigenvalue weighted by Gasteiger charge is 2.39. The minimum absolute atomic E-state index is 0.0490. The molecule has 1 fully saturated rings. The molecule has 0 aromatic heterocycles. The maximum absolute atomic E-state index is 12.2. The van der Waals surface area contributed by atoms with Gasteiger partial charge < -0.3 is 21.6 Å². The second kappa shape index (κ2) is 7.12. The summed E-state index contributed by atoms with van der Waals surface area (Å²) in [5, 5.41) is 17.3. The van der Waals surface area contributed by atoms with Crippen molar-refractivity contribution < 1.29 is 14.8 Å². The van der Waals surface area contributed by atoms with Crippen LogP contribution in [0.2, 0.25) is 0 Å². The van der Waals surface area contributed by atoms with E-state index in [1.54, 1.807) is 0 Å². The normalized spacial score (nSPS) is 15.8. The lowest BCUT2D eigenvalue weighted by atomic mass is 9.80. The van der Waals surface area contributed by atoms with E-state index in [2.05, 4.69) is 15.8 Å². The Morgan fingerprint density at radius 2 is 1.80 bits per heavy atom. The number of oxime groups is 1. The number of amides is 2. The fraction of sp³-hybridized carbons (Fsp3) is 0.769. The van der Waals surface area contributed by atoms with Crippen molar-refractivity contribution in [1.82, 2.24) is 10.6 Å². The molecule has 20 heavy (non-hydrogen) atoms. The molecule has 0 aliphatic heterocycles. The number of amidine groups is 1. The monoisotopic (exact) mass is 284 g/mol. The van der Waals surface area contributed by atoms with Crippen molar-refractivity contribution in [2.75, 3.05) is 13.1 Å². The van der Waals surface area contributed by atoms with E-state index in [9.17, 15) is 9.59 Å². The third-order valence-electron chi connectivity index (χ3n) is 3.90. The van der Waals surface area contributed by atoms with Gasteiger partial charge in [0.2, 0.25) is 11.8 Å². The largest absolute Gasteiger partial charge is 0.409 e. The Kier molecular flexibility index (Phi) is 5.79. The van der Waals surface area contributed by atoms with Crippen LogP contribution in [0.15, 0.2) is 5.16 Å². The van der Waals surface area contributed by atoms with Crippen LogP contribution in [0, 0.1) is 11.3 Å². The smallest absolute Gasteiger partial charge is 0.233 e. The average Bonchev–Trinajstić information content (AvgIpc) is 3.29. The van der Waals surface area contributed by atoms with Crippen LogP contribution in [0.3, 0.4) is 0 Å². The minimum Gasteiger partial charge on any atom is -0.409 e. The Labute approximate surface area is 119 Å². The van der Waals surface area contributed by atoms with Gasteiger partial charge >= 0.3 is 0 Å². The zero-order chi connectivity index (χ0) is 15.2. The molecule has 0 aromatic carbocycles. The first-order valence-electron chi connectivity index (χ1n) is 7.05. The lowest BCUT2D eigenvalue weighted by Crippen LogP contribution is -2.50. The average molecular weight is 284 g/mol. The van der Waals surface area contributed by atoms with Crippen molar-refractivity contribution >= 4 is 17.6 Å². The van der Waals surface area contributed by atoms with E-state index in [1.807, 2.05) is 13.8 Å². The highest BCUT2D eigenvalue weighted by Crippen LogP contribution is 2.28. The molecule has 0 spiro atoms. The van der Waals surface area contributed by atoms with Crippen molar-refractivity contribution in [3.8, 4) is 0 Å². The van der Waals surface area contributed by atoms with E-state index in [0.717, 1.165) is 12.8 Å². The zero-order valence-corrected chi connectivity index (χ0v) is 12.1. The van der Waals surface area contributed by atoms with E-state index in [4.69, 9.17) is 10.9 Å². The van der Waals surface area contributed by atoms with Crippen LogP contribution in [0.4, 0.5) is 0 Å². The number of hydrogen-bond acceptors (Lipinski definition) is 4. The van der Waals surface area contributed by atoms with Gasteiger partial charge in [0, 0.05) is 19.0 Å². The van der Waals surface area contributed by atoms with Crippen molar-refractivity contribution in [3.63, 3.8) is 0 Å². The number of nitrogens with zero attached hydrogens (tertiary/aromatic N) is 1. The third kappa shape index (κ3) is 3.61. The van der Waals surface area contributed by atoms with Crippen LogP contribution in [0.1, 0.15) is 39.5 Å². The summed E-state index contributed by atoms with van der Waals surface area (Å²) >= 11 is 0. The van der Waals surface area contributed by atoms with Gasteiger partial charge in [-0.2, -0.15) is 0 Å². The van der Waals surface area contributed by atoms with Gasteiger partial charge in [-0.25, -0.2) is 0 Å². The predicted octanol–water partition coefficient (Wildman–Crippen LogP) is 0.182. The van der Waals surface area contributed by atoms with Gasteiger partial charge in [0.15, 0.2) is 5.84 Å². The first-order chi connectivity index (χ1) is 9.51. The predicted molar refractivity (Wildman–Crippen MR) is 75.2 cm³/mol. The summed E-state index contributed by atoms with van der Waals surface area (Å²) < 4.78 is 0. The quantitative estimate of drug-likeness (QED) is 0.167. The van der Waals surface area contributed by atoms with Gasteiger partial charge in [-0.3, -0.25) is 9.59 Å². The Balaban J connectivity index is 2.43. The van der Waals surface area contributed by atoms with Crippen molar-refractivity contribution in [1.29, 1.82) is 0 Å². The molecule has 0 bridgehead atoms. The summed E-state index contributed by atoms with van der Waals surface area (Å²) in [5.41, 5.74) is 4.65. The Bertz CT molecular complexity index is 387. The highest BCUT2D eigenvalue weighted by molar-refractivity contribution is 6.06. The molecular weight excluding hydrogens is 260 g/mol. The number of carbonyl (C=O) groups excluding carboxylic acids is 2. The van der Waals surface area contributed by atoms with Gasteiger partial charge in [0.1, 0.15) is 5.41 Å². The zero-order valence-electron chi connectivity index (χ0n) is 12.1. The first-order valence-corrected chi connectivity index (χ1v) is 7.05. The number of nitrogens with one attached hydrogen (secondary N) is 2. The van der Waals surface area contributed by atoms with Gasteiger partial charge in [-0.1, -0.05) is 19.0 Å². The summed E-state index contributed by atoms with van der Waals surface area (Å²) in [6.45, 7) is 4.35. The molecule has 7 nitrogen and oxygen atoms in total. The highest BCUT2D eigenvalue weighted by atomic mass is 16.4. The summed E-state index contributed by atoms with van der Waals surface area (Å²) in [6.07, 6.45) is 2.80. The molecule has 1 rings (SSSR count). The molecule has 0 heterocycles. The van der Waals surface area contributed by atoms with E-state index < -0.39 is 5.41 Å². The molecule has 2 amide bonds. The van der Waals surface area contributed by atoms with E-state index in [-0.39, 0.29) is 23.6 Å². The number of carbonyl (C=O) groups is 2. The van der Waals surface area contributed by atoms with Gasteiger partial charge in [-0.15, -0.1) is 0 Å². The van der Waals surface area contributed by atoms with Crippen LogP contribution in [0.5, 0.6) is 0 Å². The molecule has 5 N–H and O–H groups in total. The van der Waals surface area contributed by atoms with E-state index in [1.165, 1.54) is 0 Å². The molecule has 1 saturated carbocycles. The first kappa shape index (κ1) is 16.3. The molecule has 7 heteroatoms. The minimum atomic E-state index is -0.991. The maximum atomic E-state index is 12.2. The lowest BCUT2D eigenvalue weighted by Gasteiger charge is -2.28. The molecule has 0 aromatic rings. The maximum Gasteiger partial charge on any atom is 0.233 e. The Hall–Kier alpha value is -1.79. The molecule has 0 radical (unpaired) electrons. The standard InChI is InChI=1S/C13H24N4O3/c1-3-13(4-2,11(14)17-20)12(19)16-8-7-15-10(18)9-5-6-9/h9,20H,3-8H2,1-2H3,(H2,14,17)(H,15,18)(H,16,19). The van der Waals surface area contributed by atoms with Crippen molar-refractivity contribution in [3.05, 3.63) is 0 Å². The molecule has 114 valence electrons. The van der Waals surface area contributed by atoms with E-state index >= 15 is 0 Å². The fourth-order valence-corrected chi connectivity index (χ4v) is 2.17. The molecule has 0 saturated heterocycles. The van der Waals surface area contributed by atoms with Crippen molar-refractivity contribution in [2.45, 2.75) is 39.5 Å². The molecule has 0 atom stereocenters. The van der Waals surface area contributed by atoms with Gasteiger partial charge in [-0.05, 0) is 25.7 Å². The summed E-state index contributed by atoms with van der Waals surface area (Å²) in [7, 11) is 0. The topological polar surface area (TPSA) is 117 Å². The van der Waals surface area contributed by atoms with Crippen molar-refractivity contribution in [2.24, 2.45) is 22.2 Å². The van der Waals surface area contributed by atoms with Crippen LogP contribution < -0.4 is 16.4 Å². The number of rotatable bonds is 8. The number of nitrogens with two attached hydrogens (primary N) is 1. The Morgan fingerprint density at radius 1 is 1.25 bits per heavy atom. The van der Waals surface area contributed by atoms with Crippen LogP contribution >= 0.6 is 0 Å².